The second-order valence-corrected chi connectivity index (χ2v) is 6.67. The fourth-order valence-electron chi connectivity index (χ4n) is 3.50. The zero-order valence-electron chi connectivity index (χ0n) is 15.4. The largest absolute Gasteiger partial charge is 0.497 e. The van der Waals surface area contributed by atoms with Gasteiger partial charge < -0.3 is 19.7 Å². The molecule has 2 aromatic carbocycles. The number of methoxy groups -OCH3 is 1. The number of ether oxygens (including phenoxy) is 1. The van der Waals surface area contributed by atoms with E-state index in [2.05, 4.69) is 19.9 Å². The Morgan fingerprint density at radius 2 is 1.62 bits per heavy atom. The van der Waals surface area contributed by atoms with Gasteiger partial charge in [-0.1, -0.05) is 18.2 Å². The van der Waals surface area contributed by atoms with Crippen molar-refractivity contribution in [2.75, 3.05) is 7.11 Å². The van der Waals surface area contributed by atoms with Crippen LogP contribution in [0.15, 0.2) is 61.1 Å². The number of aromatic amines is 3. The molecule has 0 spiro atoms. The van der Waals surface area contributed by atoms with Gasteiger partial charge in [-0.15, -0.1) is 0 Å². The van der Waals surface area contributed by atoms with E-state index in [-0.39, 0.29) is 23.1 Å². The lowest BCUT2D eigenvalue weighted by Gasteiger charge is -2.00. The Balaban J connectivity index is 1.48. The molecule has 0 radical (unpaired) electrons. The van der Waals surface area contributed by atoms with Crippen molar-refractivity contribution in [1.82, 2.24) is 19.9 Å². The summed E-state index contributed by atoms with van der Waals surface area (Å²) >= 11 is 0. The highest BCUT2D eigenvalue weighted by Gasteiger charge is 2.21. The zero-order chi connectivity index (χ0) is 20.0. The Labute approximate surface area is 164 Å². The second kappa shape index (κ2) is 6.49. The highest BCUT2D eigenvalue weighted by atomic mass is 16.5. The number of aromatic nitrogens is 4. The molecule has 142 valence electrons. The van der Waals surface area contributed by atoms with Crippen LogP contribution < -0.4 is 4.74 Å². The van der Waals surface area contributed by atoms with Crippen molar-refractivity contribution in [1.29, 1.82) is 0 Å². The number of fused-ring (bicyclic) bond motifs is 2. The molecule has 0 aliphatic rings. The molecule has 0 amide bonds. The van der Waals surface area contributed by atoms with Crippen LogP contribution >= 0.6 is 0 Å². The van der Waals surface area contributed by atoms with Crippen LogP contribution in [0.1, 0.15) is 32.2 Å². The van der Waals surface area contributed by atoms with E-state index < -0.39 is 0 Å². The summed E-state index contributed by atoms with van der Waals surface area (Å²) in [5.41, 5.74) is 2.93. The summed E-state index contributed by atoms with van der Waals surface area (Å²) in [6, 6.07) is 13.0. The van der Waals surface area contributed by atoms with Crippen molar-refractivity contribution >= 4 is 33.4 Å². The first kappa shape index (κ1) is 17.0. The maximum atomic E-state index is 12.9. The van der Waals surface area contributed by atoms with Crippen LogP contribution in [0, 0.1) is 0 Å². The number of benzene rings is 2. The van der Waals surface area contributed by atoms with Gasteiger partial charge in [0.05, 0.1) is 18.9 Å². The molecule has 0 atom stereocenters. The quantitative estimate of drug-likeness (QED) is 0.401. The monoisotopic (exact) mass is 384 g/mol. The lowest BCUT2D eigenvalue weighted by Crippen LogP contribution is -2.05. The van der Waals surface area contributed by atoms with Crippen LogP contribution in [0.25, 0.3) is 21.8 Å². The van der Waals surface area contributed by atoms with E-state index >= 15 is 0 Å². The van der Waals surface area contributed by atoms with Gasteiger partial charge in [-0.3, -0.25) is 9.59 Å². The topological polar surface area (TPSA) is 104 Å². The molecule has 0 unspecified atom stereocenters. The molecule has 7 nitrogen and oxygen atoms in total. The van der Waals surface area contributed by atoms with E-state index in [9.17, 15) is 9.59 Å². The lowest BCUT2D eigenvalue weighted by atomic mass is 10.1. The molecule has 0 aliphatic carbocycles. The molecule has 3 aromatic heterocycles. The minimum atomic E-state index is -0.292. The number of imidazole rings is 1. The summed E-state index contributed by atoms with van der Waals surface area (Å²) in [5, 5.41) is 1.59. The summed E-state index contributed by atoms with van der Waals surface area (Å²) in [6.07, 6.45) is 4.70. The van der Waals surface area contributed by atoms with E-state index in [1.165, 1.54) is 6.20 Å². The average Bonchev–Trinajstić information content (AvgIpc) is 3.50. The number of carbonyl (C=O) groups is 2. The first-order valence-electron chi connectivity index (χ1n) is 9.01. The van der Waals surface area contributed by atoms with Crippen LogP contribution in [-0.4, -0.2) is 38.6 Å². The maximum Gasteiger partial charge on any atom is 0.230 e. The minimum absolute atomic E-state index is 0.116. The summed E-state index contributed by atoms with van der Waals surface area (Å²) < 4.78 is 5.21. The number of nitrogens with zero attached hydrogens (tertiary/aromatic N) is 1. The molecule has 5 rings (SSSR count). The Morgan fingerprint density at radius 1 is 0.897 bits per heavy atom. The zero-order valence-corrected chi connectivity index (χ0v) is 15.4. The Morgan fingerprint density at radius 3 is 2.45 bits per heavy atom. The summed E-state index contributed by atoms with van der Waals surface area (Å²) in [5.74, 6) is 0.296. The van der Waals surface area contributed by atoms with E-state index in [0.717, 1.165) is 21.8 Å². The van der Waals surface area contributed by atoms with Crippen molar-refractivity contribution in [2.45, 2.75) is 0 Å². The normalized spacial score (nSPS) is 11.2. The SMILES string of the molecule is COc1ccc2c(C(=O)c3ncc(C(=O)c4c[nH]c5ccccc45)[nH]3)c[nH]c2c1. The molecule has 0 bridgehead atoms. The van der Waals surface area contributed by atoms with Gasteiger partial charge in [-0.2, -0.15) is 0 Å². The standard InChI is InChI=1S/C22H16N4O3/c1-29-12-6-7-14-16(10-24-18(14)8-12)21(28)22-25-11-19(26-22)20(27)15-9-23-17-5-3-2-4-13(15)17/h2-11,23-24H,1H3,(H,25,26). The summed E-state index contributed by atoms with van der Waals surface area (Å²) in [4.78, 5) is 39.0. The lowest BCUT2D eigenvalue weighted by molar-refractivity contribution is 0.103. The Bertz CT molecular complexity index is 1390. The van der Waals surface area contributed by atoms with Crippen molar-refractivity contribution in [2.24, 2.45) is 0 Å². The number of carbonyl (C=O) groups excluding carboxylic acids is 2. The Kier molecular flexibility index (Phi) is 3.80. The van der Waals surface area contributed by atoms with Crippen LogP contribution in [0.3, 0.4) is 0 Å². The van der Waals surface area contributed by atoms with Crippen molar-refractivity contribution in [3.05, 3.63) is 83.7 Å². The highest BCUT2D eigenvalue weighted by molar-refractivity contribution is 6.17. The molecule has 0 saturated heterocycles. The maximum absolute atomic E-state index is 12.9. The molecule has 0 fully saturated rings. The van der Waals surface area contributed by atoms with Crippen molar-refractivity contribution in [3.8, 4) is 5.75 Å². The van der Waals surface area contributed by atoms with Gasteiger partial charge in [0.15, 0.2) is 5.82 Å². The van der Waals surface area contributed by atoms with Gasteiger partial charge in [0.25, 0.3) is 0 Å². The minimum Gasteiger partial charge on any atom is -0.497 e. The predicted octanol–water partition coefficient (Wildman–Crippen LogP) is 3.84. The van der Waals surface area contributed by atoms with E-state index in [4.69, 9.17) is 4.74 Å². The van der Waals surface area contributed by atoms with Gasteiger partial charge in [0, 0.05) is 45.8 Å². The third kappa shape index (κ3) is 2.71. The molecule has 7 heteroatoms. The van der Waals surface area contributed by atoms with Crippen molar-refractivity contribution < 1.29 is 14.3 Å². The van der Waals surface area contributed by atoms with Crippen LogP contribution in [0.2, 0.25) is 0 Å². The molecule has 5 aromatic rings. The second-order valence-electron chi connectivity index (χ2n) is 6.67. The summed E-state index contributed by atoms with van der Waals surface area (Å²) in [7, 11) is 1.59. The molecular weight excluding hydrogens is 368 g/mol. The fraction of sp³-hybridized carbons (Fsp3) is 0.0455. The number of ketones is 2. The summed E-state index contributed by atoms with van der Waals surface area (Å²) in [6.45, 7) is 0. The molecule has 0 saturated carbocycles. The third-order valence-corrected chi connectivity index (χ3v) is 5.00. The first-order valence-corrected chi connectivity index (χ1v) is 9.01. The average molecular weight is 384 g/mol. The number of para-hydroxylation sites is 1. The number of H-pyrrole nitrogens is 3. The smallest absolute Gasteiger partial charge is 0.230 e. The van der Waals surface area contributed by atoms with Gasteiger partial charge in [0.2, 0.25) is 11.6 Å². The molecule has 29 heavy (non-hydrogen) atoms. The molecule has 3 N–H and O–H groups in total. The van der Waals surface area contributed by atoms with Gasteiger partial charge in [-0.25, -0.2) is 4.98 Å². The van der Waals surface area contributed by atoms with Crippen LogP contribution in [0.4, 0.5) is 0 Å². The number of nitrogens with one attached hydrogen (secondary N) is 3. The molecular formula is C22H16N4O3. The number of rotatable bonds is 5. The van der Waals surface area contributed by atoms with Crippen LogP contribution in [0.5, 0.6) is 5.75 Å². The van der Waals surface area contributed by atoms with Crippen LogP contribution in [-0.2, 0) is 0 Å². The molecule has 3 heterocycles. The van der Waals surface area contributed by atoms with E-state index in [1.54, 1.807) is 25.6 Å². The molecule has 0 aliphatic heterocycles. The first-order chi connectivity index (χ1) is 14.2. The number of hydrogen-bond acceptors (Lipinski definition) is 4. The number of hydrogen-bond donors (Lipinski definition) is 3. The predicted molar refractivity (Wildman–Crippen MR) is 109 cm³/mol. The van der Waals surface area contributed by atoms with E-state index in [1.807, 2.05) is 36.4 Å². The van der Waals surface area contributed by atoms with Gasteiger partial charge >= 0.3 is 0 Å². The van der Waals surface area contributed by atoms with E-state index in [0.29, 0.717) is 16.9 Å². The van der Waals surface area contributed by atoms with Crippen molar-refractivity contribution in [3.63, 3.8) is 0 Å². The van der Waals surface area contributed by atoms with Gasteiger partial charge in [0.1, 0.15) is 11.4 Å². The van der Waals surface area contributed by atoms with Gasteiger partial charge in [-0.05, 0) is 18.2 Å². The third-order valence-electron chi connectivity index (χ3n) is 5.00. The highest BCUT2D eigenvalue weighted by Crippen LogP contribution is 2.25. The Hall–Kier alpha value is -4.13. The fourth-order valence-corrected chi connectivity index (χ4v) is 3.50.